The fraction of sp³-hybridized carbons (Fsp3) is 0.526. The highest BCUT2D eigenvalue weighted by molar-refractivity contribution is 6.30. The molecule has 1 aromatic carbocycles. The Morgan fingerprint density at radius 2 is 2.16 bits per heavy atom. The SMILES string of the molecule is CCNC(=NCc1ccc(Cl)cc1OC)N1CCC(N2CC=CC2)C1. The van der Waals surface area contributed by atoms with Crippen molar-refractivity contribution in [3.05, 3.63) is 40.9 Å². The normalized spacial score (nSPS) is 21.2. The van der Waals surface area contributed by atoms with Crippen molar-refractivity contribution in [1.29, 1.82) is 0 Å². The summed E-state index contributed by atoms with van der Waals surface area (Å²) in [7, 11) is 1.67. The van der Waals surface area contributed by atoms with Crippen LogP contribution in [0.4, 0.5) is 0 Å². The van der Waals surface area contributed by atoms with E-state index < -0.39 is 0 Å². The molecule has 1 N–H and O–H groups in total. The number of nitrogens with one attached hydrogen (secondary N) is 1. The van der Waals surface area contributed by atoms with Crippen molar-refractivity contribution >= 4 is 17.6 Å². The molecule has 2 aliphatic heterocycles. The zero-order valence-corrected chi connectivity index (χ0v) is 15.8. The number of aliphatic imine (C=N–C) groups is 1. The van der Waals surface area contributed by atoms with Crippen LogP contribution in [-0.4, -0.2) is 61.6 Å². The van der Waals surface area contributed by atoms with Gasteiger partial charge in [-0.15, -0.1) is 0 Å². The molecule has 6 heteroatoms. The summed E-state index contributed by atoms with van der Waals surface area (Å²) in [4.78, 5) is 9.74. The first kappa shape index (κ1) is 18.1. The number of benzene rings is 1. The molecule has 3 rings (SSSR count). The van der Waals surface area contributed by atoms with Gasteiger partial charge in [0.15, 0.2) is 5.96 Å². The van der Waals surface area contributed by atoms with Gasteiger partial charge in [-0.1, -0.05) is 29.8 Å². The van der Waals surface area contributed by atoms with Gasteiger partial charge in [0.25, 0.3) is 0 Å². The molecule has 1 aromatic rings. The van der Waals surface area contributed by atoms with Gasteiger partial charge in [-0.2, -0.15) is 0 Å². The standard InChI is InChI=1S/C19H27ClN4O/c1-3-21-19(22-13-15-6-7-16(20)12-18(15)25-2)24-11-8-17(14-24)23-9-4-5-10-23/h4-7,12,17H,3,8-11,13-14H2,1-2H3,(H,21,22). The Morgan fingerprint density at radius 1 is 1.36 bits per heavy atom. The summed E-state index contributed by atoms with van der Waals surface area (Å²) < 4.78 is 5.43. The van der Waals surface area contributed by atoms with Crippen molar-refractivity contribution in [3.63, 3.8) is 0 Å². The molecular weight excluding hydrogens is 336 g/mol. The van der Waals surface area contributed by atoms with Crippen LogP contribution in [0.1, 0.15) is 18.9 Å². The monoisotopic (exact) mass is 362 g/mol. The summed E-state index contributed by atoms with van der Waals surface area (Å²) in [6, 6.07) is 6.32. The Bertz CT molecular complexity index is 638. The van der Waals surface area contributed by atoms with Gasteiger partial charge < -0.3 is 15.0 Å². The second-order valence-corrected chi connectivity index (χ2v) is 6.88. The lowest BCUT2D eigenvalue weighted by molar-refractivity contribution is 0.259. The molecule has 25 heavy (non-hydrogen) atoms. The Labute approximate surface area is 155 Å². The number of hydrogen-bond acceptors (Lipinski definition) is 3. The molecule has 2 heterocycles. The van der Waals surface area contributed by atoms with Crippen LogP contribution in [0.2, 0.25) is 5.02 Å². The van der Waals surface area contributed by atoms with E-state index in [0.29, 0.717) is 17.6 Å². The molecule has 0 bridgehead atoms. The largest absolute Gasteiger partial charge is 0.496 e. The van der Waals surface area contributed by atoms with Gasteiger partial charge in [-0.3, -0.25) is 4.90 Å². The summed E-state index contributed by atoms with van der Waals surface area (Å²) in [5, 5.41) is 4.11. The van der Waals surface area contributed by atoms with Gasteiger partial charge in [0.05, 0.1) is 13.7 Å². The fourth-order valence-corrected chi connectivity index (χ4v) is 3.62. The second-order valence-electron chi connectivity index (χ2n) is 6.44. The van der Waals surface area contributed by atoms with E-state index in [9.17, 15) is 0 Å². The van der Waals surface area contributed by atoms with Crippen molar-refractivity contribution in [2.45, 2.75) is 25.9 Å². The van der Waals surface area contributed by atoms with Gasteiger partial charge in [-0.25, -0.2) is 4.99 Å². The first-order valence-electron chi connectivity index (χ1n) is 8.96. The van der Waals surface area contributed by atoms with Crippen LogP contribution in [0.3, 0.4) is 0 Å². The van der Waals surface area contributed by atoms with E-state index in [4.69, 9.17) is 21.3 Å². The van der Waals surface area contributed by atoms with Crippen LogP contribution in [0.15, 0.2) is 35.3 Å². The maximum Gasteiger partial charge on any atom is 0.194 e. The van der Waals surface area contributed by atoms with Crippen LogP contribution in [-0.2, 0) is 6.54 Å². The van der Waals surface area contributed by atoms with E-state index in [1.54, 1.807) is 7.11 Å². The first-order valence-corrected chi connectivity index (χ1v) is 9.33. The molecule has 0 aromatic heterocycles. The number of likely N-dealkylation sites (tertiary alicyclic amines) is 1. The number of rotatable bonds is 5. The van der Waals surface area contributed by atoms with Gasteiger partial charge in [0, 0.05) is 49.4 Å². The third kappa shape index (κ3) is 4.47. The summed E-state index contributed by atoms with van der Waals surface area (Å²) in [5.41, 5.74) is 1.04. The Morgan fingerprint density at radius 3 is 2.88 bits per heavy atom. The highest BCUT2D eigenvalue weighted by Gasteiger charge is 2.29. The molecule has 0 saturated carbocycles. The minimum absolute atomic E-state index is 0.578. The summed E-state index contributed by atoms with van der Waals surface area (Å²) in [5.74, 6) is 1.77. The van der Waals surface area contributed by atoms with E-state index in [1.165, 1.54) is 6.42 Å². The van der Waals surface area contributed by atoms with Crippen molar-refractivity contribution < 1.29 is 4.74 Å². The van der Waals surface area contributed by atoms with Gasteiger partial charge in [0.1, 0.15) is 5.75 Å². The molecule has 136 valence electrons. The third-order valence-corrected chi connectivity index (χ3v) is 5.04. The summed E-state index contributed by atoms with van der Waals surface area (Å²) in [6.07, 6.45) is 5.71. The molecule has 0 radical (unpaired) electrons. The predicted molar refractivity (Wildman–Crippen MR) is 104 cm³/mol. The highest BCUT2D eigenvalue weighted by atomic mass is 35.5. The van der Waals surface area contributed by atoms with E-state index in [0.717, 1.165) is 50.0 Å². The maximum atomic E-state index is 6.04. The van der Waals surface area contributed by atoms with Crippen LogP contribution in [0.5, 0.6) is 5.75 Å². The van der Waals surface area contributed by atoms with Crippen LogP contribution < -0.4 is 10.1 Å². The number of nitrogens with zero attached hydrogens (tertiary/aromatic N) is 3. The number of ether oxygens (including phenoxy) is 1. The molecule has 1 saturated heterocycles. The lowest BCUT2D eigenvalue weighted by Gasteiger charge is -2.25. The van der Waals surface area contributed by atoms with E-state index in [1.807, 2.05) is 18.2 Å². The predicted octanol–water partition coefficient (Wildman–Crippen LogP) is 2.76. The van der Waals surface area contributed by atoms with Gasteiger partial charge >= 0.3 is 0 Å². The Hall–Kier alpha value is -1.72. The number of hydrogen-bond donors (Lipinski definition) is 1. The highest BCUT2D eigenvalue weighted by Crippen LogP contribution is 2.24. The lowest BCUT2D eigenvalue weighted by Crippen LogP contribution is -2.42. The van der Waals surface area contributed by atoms with E-state index in [-0.39, 0.29) is 0 Å². The molecule has 0 spiro atoms. The average molecular weight is 363 g/mol. The van der Waals surface area contributed by atoms with Crippen LogP contribution in [0.25, 0.3) is 0 Å². The van der Waals surface area contributed by atoms with E-state index >= 15 is 0 Å². The lowest BCUT2D eigenvalue weighted by atomic mass is 10.2. The van der Waals surface area contributed by atoms with Crippen molar-refractivity contribution in [2.75, 3.05) is 39.8 Å². The van der Waals surface area contributed by atoms with Gasteiger partial charge in [0.2, 0.25) is 0 Å². The quantitative estimate of drug-likeness (QED) is 0.496. The Balaban J connectivity index is 1.67. The molecule has 1 unspecified atom stereocenters. The molecule has 5 nitrogen and oxygen atoms in total. The van der Waals surface area contributed by atoms with Crippen LogP contribution >= 0.6 is 11.6 Å². The maximum absolute atomic E-state index is 6.04. The van der Waals surface area contributed by atoms with Crippen molar-refractivity contribution in [2.24, 2.45) is 4.99 Å². The zero-order chi connectivity index (χ0) is 17.6. The minimum Gasteiger partial charge on any atom is -0.496 e. The summed E-state index contributed by atoms with van der Waals surface area (Å²) >= 11 is 6.04. The smallest absolute Gasteiger partial charge is 0.194 e. The average Bonchev–Trinajstić information content (AvgIpc) is 3.30. The molecular formula is C19H27ClN4O. The molecule has 1 atom stereocenters. The summed E-state index contributed by atoms with van der Waals surface area (Å²) in [6.45, 7) is 7.78. The molecule has 2 aliphatic rings. The third-order valence-electron chi connectivity index (χ3n) is 4.81. The molecule has 0 aliphatic carbocycles. The number of methoxy groups -OCH3 is 1. The Kier molecular flexibility index (Phi) is 6.21. The molecule has 0 amide bonds. The van der Waals surface area contributed by atoms with Crippen molar-refractivity contribution in [3.8, 4) is 5.75 Å². The van der Waals surface area contributed by atoms with E-state index in [2.05, 4.69) is 34.2 Å². The van der Waals surface area contributed by atoms with Crippen molar-refractivity contribution in [1.82, 2.24) is 15.1 Å². The second kappa shape index (κ2) is 8.59. The fourth-order valence-electron chi connectivity index (χ4n) is 3.46. The number of halogens is 1. The minimum atomic E-state index is 0.578. The number of guanidine groups is 1. The molecule has 1 fully saturated rings. The van der Waals surface area contributed by atoms with Gasteiger partial charge in [-0.05, 0) is 25.5 Å². The topological polar surface area (TPSA) is 40.1 Å². The van der Waals surface area contributed by atoms with Crippen LogP contribution in [0, 0.1) is 0 Å². The zero-order valence-electron chi connectivity index (χ0n) is 15.0. The first-order chi connectivity index (χ1) is 12.2.